The van der Waals surface area contributed by atoms with Gasteiger partial charge in [-0.1, -0.05) is 6.92 Å². The van der Waals surface area contributed by atoms with E-state index >= 15 is 0 Å². The lowest BCUT2D eigenvalue weighted by atomic mass is 10.1. The molecule has 110 valence electrons. The van der Waals surface area contributed by atoms with E-state index in [0.717, 1.165) is 56.2 Å². The minimum Gasteiger partial charge on any atom is -0.394 e. The molecule has 6 heteroatoms. The van der Waals surface area contributed by atoms with Crippen LogP contribution in [0.15, 0.2) is 0 Å². The minimum atomic E-state index is 0.306. The van der Waals surface area contributed by atoms with Crippen molar-refractivity contribution >= 4 is 17.4 Å². The summed E-state index contributed by atoms with van der Waals surface area (Å²) in [5.74, 6) is 1.35. The molecule has 1 unspecified atom stereocenters. The Balaban J connectivity index is 1.85. The van der Waals surface area contributed by atoms with Gasteiger partial charge in [0.2, 0.25) is 5.91 Å². The number of piperazine rings is 1. The Bertz CT molecular complexity index is 524. The van der Waals surface area contributed by atoms with Crippen LogP contribution >= 0.6 is 0 Å². The summed E-state index contributed by atoms with van der Waals surface area (Å²) in [5, 5.41) is 4.55. The molecule has 1 aromatic rings. The van der Waals surface area contributed by atoms with Crippen molar-refractivity contribution in [1.29, 1.82) is 0 Å². The van der Waals surface area contributed by atoms with Crippen LogP contribution in [0.1, 0.15) is 31.9 Å². The van der Waals surface area contributed by atoms with Gasteiger partial charge in [-0.25, -0.2) is 4.68 Å². The van der Waals surface area contributed by atoms with Crippen LogP contribution in [-0.2, 0) is 11.3 Å². The second-order valence-corrected chi connectivity index (χ2v) is 5.77. The third kappa shape index (κ3) is 2.03. The van der Waals surface area contributed by atoms with Crippen molar-refractivity contribution in [2.75, 3.05) is 30.3 Å². The van der Waals surface area contributed by atoms with Gasteiger partial charge >= 0.3 is 0 Å². The van der Waals surface area contributed by atoms with Crippen molar-refractivity contribution in [3.05, 3.63) is 5.69 Å². The first-order valence-corrected chi connectivity index (χ1v) is 7.49. The van der Waals surface area contributed by atoms with Crippen molar-refractivity contribution in [1.82, 2.24) is 14.7 Å². The zero-order valence-corrected chi connectivity index (χ0v) is 12.3. The van der Waals surface area contributed by atoms with Gasteiger partial charge in [0.15, 0.2) is 5.82 Å². The minimum absolute atomic E-state index is 0.306. The molecule has 2 fully saturated rings. The number of rotatable bonds is 3. The number of anilines is 2. The summed E-state index contributed by atoms with van der Waals surface area (Å²) < 4.78 is 2.02. The molecule has 0 spiro atoms. The lowest BCUT2D eigenvalue weighted by Gasteiger charge is -2.38. The average molecular weight is 277 g/mol. The lowest BCUT2D eigenvalue weighted by molar-refractivity contribution is -0.129. The van der Waals surface area contributed by atoms with Gasteiger partial charge in [0, 0.05) is 38.6 Å². The van der Waals surface area contributed by atoms with E-state index in [1.807, 2.05) is 16.5 Å². The Labute approximate surface area is 119 Å². The van der Waals surface area contributed by atoms with E-state index < -0.39 is 0 Å². The zero-order valence-electron chi connectivity index (χ0n) is 12.3. The summed E-state index contributed by atoms with van der Waals surface area (Å²) in [6.45, 7) is 7.52. The van der Waals surface area contributed by atoms with Crippen LogP contribution in [0.3, 0.4) is 0 Å². The normalized spacial score (nSPS) is 22.5. The molecule has 2 aliphatic rings. The average Bonchev–Trinajstić information content (AvgIpc) is 2.92. The Morgan fingerprint density at radius 3 is 2.95 bits per heavy atom. The summed E-state index contributed by atoms with van der Waals surface area (Å²) in [4.78, 5) is 16.1. The Morgan fingerprint density at radius 1 is 1.40 bits per heavy atom. The molecule has 0 radical (unpaired) electrons. The predicted molar refractivity (Wildman–Crippen MR) is 78.6 cm³/mol. The molecular formula is C14H23N5O. The quantitative estimate of drug-likeness (QED) is 0.895. The highest BCUT2D eigenvalue weighted by atomic mass is 16.2. The fourth-order valence-corrected chi connectivity index (χ4v) is 3.34. The Hall–Kier alpha value is -1.72. The van der Waals surface area contributed by atoms with Gasteiger partial charge in [0.25, 0.3) is 0 Å². The maximum atomic E-state index is 11.8. The molecule has 3 heterocycles. The number of hydrogen-bond acceptors (Lipinski definition) is 4. The number of hydrogen-bond donors (Lipinski definition) is 1. The fourth-order valence-electron chi connectivity index (χ4n) is 3.34. The van der Waals surface area contributed by atoms with Gasteiger partial charge in [0.1, 0.15) is 0 Å². The first-order chi connectivity index (χ1) is 9.61. The van der Waals surface area contributed by atoms with Crippen LogP contribution < -0.4 is 10.6 Å². The van der Waals surface area contributed by atoms with Gasteiger partial charge in [0.05, 0.1) is 11.4 Å². The van der Waals surface area contributed by atoms with Crippen LogP contribution in [0.25, 0.3) is 0 Å². The second-order valence-electron chi connectivity index (χ2n) is 5.77. The zero-order chi connectivity index (χ0) is 14.3. The standard InChI is InChI=1S/C14H23N5O/c1-3-6-19-14(13(15)10(2)16-19)17-7-8-18-11(9-17)4-5-12(18)20/h11H,3-9,15H2,1-2H3. The van der Waals surface area contributed by atoms with Gasteiger partial charge in [-0.3, -0.25) is 4.79 Å². The molecule has 1 amide bonds. The van der Waals surface area contributed by atoms with E-state index in [4.69, 9.17) is 5.73 Å². The van der Waals surface area contributed by atoms with Crippen LogP contribution in [0.5, 0.6) is 0 Å². The maximum Gasteiger partial charge on any atom is 0.223 e. The summed E-state index contributed by atoms with van der Waals surface area (Å²) in [5.41, 5.74) is 7.91. The van der Waals surface area contributed by atoms with E-state index in [-0.39, 0.29) is 0 Å². The molecule has 0 bridgehead atoms. The van der Waals surface area contributed by atoms with Gasteiger partial charge in [-0.15, -0.1) is 0 Å². The number of nitrogens with zero attached hydrogens (tertiary/aromatic N) is 4. The van der Waals surface area contributed by atoms with Crippen LogP contribution in [0.4, 0.5) is 11.5 Å². The Kier molecular flexibility index (Phi) is 3.31. The lowest BCUT2D eigenvalue weighted by Crippen LogP contribution is -2.52. The SMILES string of the molecule is CCCn1nc(C)c(N)c1N1CCN2C(=O)CCC2C1. The van der Waals surface area contributed by atoms with Gasteiger partial charge < -0.3 is 15.5 Å². The molecule has 0 saturated carbocycles. The van der Waals surface area contributed by atoms with Crippen LogP contribution in [-0.4, -0.2) is 46.3 Å². The number of amides is 1. The highest BCUT2D eigenvalue weighted by molar-refractivity contribution is 5.79. The number of aromatic nitrogens is 2. The summed E-state index contributed by atoms with van der Waals surface area (Å²) in [6.07, 6.45) is 2.70. The molecule has 20 heavy (non-hydrogen) atoms. The number of fused-ring (bicyclic) bond motifs is 1. The van der Waals surface area contributed by atoms with E-state index in [1.165, 1.54) is 0 Å². The largest absolute Gasteiger partial charge is 0.394 e. The first-order valence-electron chi connectivity index (χ1n) is 7.49. The maximum absolute atomic E-state index is 11.8. The molecule has 0 aliphatic carbocycles. The van der Waals surface area contributed by atoms with E-state index in [2.05, 4.69) is 16.9 Å². The topological polar surface area (TPSA) is 67.4 Å². The van der Waals surface area contributed by atoms with Crippen molar-refractivity contribution in [3.63, 3.8) is 0 Å². The second kappa shape index (κ2) is 5.00. The summed E-state index contributed by atoms with van der Waals surface area (Å²) >= 11 is 0. The van der Waals surface area contributed by atoms with Crippen LogP contribution in [0, 0.1) is 6.92 Å². The number of carbonyl (C=O) groups is 1. The van der Waals surface area contributed by atoms with E-state index in [0.29, 0.717) is 18.4 Å². The molecule has 1 aromatic heterocycles. The molecule has 2 saturated heterocycles. The van der Waals surface area contributed by atoms with Gasteiger partial charge in [-0.2, -0.15) is 5.10 Å². The van der Waals surface area contributed by atoms with Crippen LogP contribution in [0.2, 0.25) is 0 Å². The van der Waals surface area contributed by atoms with Gasteiger partial charge in [-0.05, 0) is 19.8 Å². The van der Waals surface area contributed by atoms with E-state index in [1.54, 1.807) is 0 Å². The number of carbonyl (C=O) groups excluding carboxylic acids is 1. The Morgan fingerprint density at radius 2 is 2.20 bits per heavy atom. The fraction of sp³-hybridized carbons (Fsp3) is 0.714. The van der Waals surface area contributed by atoms with Crippen molar-refractivity contribution in [2.24, 2.45) is 0 Å². The monoisotopic (exact) mass is 277 g/mol. The molecule has 2 N–H and O–H groups in total. The first kappa shape index (κ1) is 13.3. The van der Waals surface area contributed by atoms with Crippen molar-refractivity contribution < 1.29 is 4.79 Å². The molecular weight excluding hydrogens is 254 g/mol. The molecule has 2 aliphatic heterocycles. The van der Waals surface area contributed by atoms with E-state index in [9.17, 15) is 4.79 Å². The smallest absolute Gasteiger partial charge is 0.223 e. The predicted octanol–water partition coefficient (Wildman–Crippen LogP) is 0.995. The molecule has 1 atom stereocenters. The highest BCUT2D eigenvalue weighted by Crippen LogP contribution is 2.31. The number of aryl methyl sites for hydroxylation is 2. The molecule has 3 rings (SSSR count). The summed E-state index contributed by atoms with van der Waals surface area (Å²) in [7, 11) is 0. The third-order valence-electron chi connectivity index (χ3n) is 4.38. The molecule has 0 aromatic carbocycles. The number of nitrogen functional groups attached to an aromatic ring is 1. The highest BCUT2D eigenvalue weighted by Gasteiger charge is 2.36. The summed E-state index contributed by atoms with van der Waals surface area (Å²) in [6, 6.07) is 0.348. The molecule has 6 nitrogen and oxygen atoms in total. The van der Waals surface area contributed by atoms with Crippen molar-refractivity contribution in [3.8, 4) is 0 Å². The van der Waals surface area contributed by atoms with Crippen molar-refractivity contribution in [2.45, 2.75) is 45.7 Å². The third-order valence-corrected chi connectivity index (χ3v) is 4.38. The number of nitrogens with two attached hydrogens (primary N) is 1.